The maximum atomic E-state index is 12.4. The van der Waals surface area contributed by atoms with Gasteiger partial charge in [-0.05, 0) is 42.8 Å². The molecule has 0 radical (unpaired) electrons. The maximum absolute atomic E-state index is 12.4. The van der Waals surface area contributed by atoms with Crippen molar-refractivity contribution in [3.63, 3.8) is 0 Å². The van der Waals surface area contributed by atoms with Gasteiger partial charge in [0, 0.05) is 0 Å². The van der Waals surface area contributed by atoms with Gasteiger partial charge in [0.15, 0.2) is 5.75 Å². The third kappa shape index (κ3) is 3.96. The minimum Gasteiger partial charge on any atom is -0.465 e. The van der Waals surface area contributed by atoms with Crippen molar-refractivity contribution >= 4 is 39.3 Å². The number of hydrogen-bond donors (Lipinski definition) is 0. The first-order valence-electron chi connectivity index (χ1n) is 6.33. The lowest BCUT2D eigenvalue weighted by Crippen LogP contribution is -2.12. The smallest absolute Gasteiger partial charge is 0.340 e. The van der Waals surface area contributed by atoms with Crippen LogP contribution in [0.3, 0.4) is 0 Å². The highest BCUT2D eigenvalue weighted by Crippen LogP contribution is 2.31. The van der Waals surface area contributed by atoms with Gasteiger partial charge in [0.05, 0.1) is 22.7 Å². The second-order valence-corrected chi connectivity index (χ2v) is 6.94. The maximum Gasteiger partial charge on any atom is 0.340 e. The fourth-order valence-corrected chi connectivity index (χ4v) is 3.42. The average molecular weight is 375 g/mol. The molecule has 23 heavy (non-hydrogen) atoms. The van der Waals surface area contributed by atoms with Crippen molar-refractivity contribution in [3.05, 3.63) is 57.6 Å². The molecule has 8 heteroatoms. The predicted octanol–water partition coefficient (Wildman–Crippen LogP) is 3.86. The molecule has 0 aliphatic rings. The van der Waals surface area contributed by atoms with E-state index < -0.39 is 16.1 Å². The zero-order valence-corrected chi connectivity index (χ0v) is 14.5. The summed E-state index contributed by atoms with van der Waals surface area (Å²) in [6.07, 6.45) is 0. The zero-order chi connectivity index (χ0) is 17.2. The third-order valence-corrected chi connectivity index (χ3v) is 4.94. The van der Waals surface area contributed by atoms with Gasteiger partial charge >= 0.3 is 16.1 Å². The number of rotatable bonds is 4. The molecule has 0 N–H and O–H groups in total. The fourth-order valence-electron chi connectivity index (χ4n) is 1.78. The van der Waals surface area contributed by atoms with Crippen LogP contribution in [0.4, 0.5) is 0 Å². The molecule has 0 unspecified atom stereocenters. The molecule has 2 rings (SSSR count). The summed E-state index contributed by atoms with van der Waals surface area (Å²) in [5, 5.41) is 0.0563. The Morgan fingerprint density at radius 1 is 1.04 bits per heavy atom. The highest BCUT2D eigenvalue weighted by molar-refractivity contribution is 7.87. The molecule has 0 aliphatic heterocycles. The number of halogens is 2. The standard InChI is InChI=1S/C15H12Cl2O5S/c1-9-3-5-11(16)13(7-9)22-23(19,20)14-8-10(15(18)21-2)4-6-12(14)17/h3-8H,1-2H3. The Morgan fingerprint density at radius 3 is 2.35 bits per heavy atom. The topological polar surface area (TPSA) is 69.7 Å². The molecule has 0 fully saturated rings. The summed E-state index contributed by atoms with van der Waals surface area (Å²) in [4.78, 5) is 11.2. The van der Waals surface area contributed by atoms with Gasteiger partial charge in [-0.15, -0.1) is 0 Å². The molecule has 0 saturated heterocycles. The Kier molecular flexibility index (Phi) is 5.19. The molecule has 122 valence electrons. The first-order valence-corrected chi connectivity index (χ1v) is 8.49. The first kappa shape index (κ1) is 17.6. The predicted molar refractivity (Wildman–Crippen MR) is 86.8 cm³/mol. The molecular weight excluding hydrogens is 363 g/mol. The molecule has 0 saturated carbocycles. The molecule has 0 bridgehead atoms. The van der Waals surface area contributed by atoms with Crippen molar-refractivity contribution in [3.8, 4) is 5.75 Å². The number of methoxy groups -OCH3 is 1. The van der Waals surface area contributed by atoms with E-state index in [1.165, 1.54) is 31.4 Å². The normalized spacial score (nSPS) is 11.1. The Labute approximate surface area is 143 Å². The van der Waals surface area contributed by atoms with Crippen molar-refractivity contribution in [2.75, 3.05) is 7.11 Å². The fraction of sp³-hybridized carbons (Fsp3) is 0.133. The van der Waals surface area contributed by atoms with Gasteiger partial charge in [0.1, 0.15) is 4.90 Å². The average Bonchev–Trinajstić information content (AvgIpc) is 2.50. The molecule has 0 atom stereocenters. The van der Waals surface area contributed by atoms with E-state index >= 15 is 0 Å². The number of ether oxygens (including phenoxy) is 1. The van der Waals surface area contributed by atoms with E-state index in [1.54, 1.807) is 13.0 Å². The van der Waals surface area contributed by atoms with Gasteiger partial charge in [-0.1, -0.05) is 29.3 Å². The summed E-state index contributed by atoms with van der Waals surface area (Å²) >= 11 is 11.9. The van der Waals surface area contributed by atoms with Crippen molar-refractivity contribution in [1.29, 1.82) is 0 Å². The van der Waals surface area contributed by atoms with Crippen LogP contribution in [0.25, 0.3) is 0 Å². The van der Waals surface area contributed by atoms with E-state index in [9.17, 15) is 13.2 Å². The molecular formula is C15H12Cl2O5S. The number of benzene rings is 2. The lowest BCUT2D eigenvalue weighted by Gasteiger charge is -2.11. The summed E-state index contributed by atoms with van der Waals surface area (Å²) in [6, 6.07) is 8.45. The number of aryl methyl sites for hydroxylation is 1. The molecule has 2 aromatic rings. The van der Waals surface area contributed by atoms with Crippen LogP contribution in [0.15, 0.2) is 41.3 Å². The molecule has 0 heterocycles. The van der Waals surface area contributed by atoms with Crippen molar-refractivity contribution in [2.24, 2.45) is 0 Å². The summed E-state index contributed by atoms with van der Waals surface area (Å²) in [7, 11) is -3.08. The van der Waals surface area contributed by atoms with Gasteiger partial charge in [-0.3, -0.25) is 0 Å². The van der Waals surface area contributed by atoms with Crippen LogP contribution in [0.5, 0.6) is 5.75 Å². The van der Waals surface area contributed by atoms with Crippen LogP contribution in [0.1, 0.15) is 15.9 Å². The minimum atomic E-state index is -4.27. The van der Waals surface area contributed by atoms with Crippen molar-refractivity contribution < 1.29 is 22.1 Å². The molecule has 0 aromatic heterocycles. The molecule has 2 aromatic carbocycles. The molecule has 0 amide bonds. The number of carbonyl (C=O) groups is 1. The largest absolute Gasteiger partial charge is 0.465 e. The summed E-state index contributed by atoms with van der Waals surface area (Å²) in [5.74, 6) is -0.710. The van der Waals surface area contributed by atoms with Gasteiger partial charge < -0.3 is 8.92 Å². The third-order valence-electron chi connectivity index (χ3n) is 2.91. The van der Waals surface area contributed by atoms with Crippen LogP contribution < -0.4 is 4.18 Å². The van der Waals surface area contributed by atoms with Crippen molar-refractivity contribution in [2.45, 2.75) is 11.8 Å². The van der Waals surface area contributed by atoms with E-state index in [1.807, 2.05) is 0 Å². The summed E-state index contributed by atoms with van der Waals surface area (Å²) in [6.45, 7) is 1.76. The molecule has 0 spiro atoms. The highest BCUT2D eigenvalue weighted by atomic mass is 35.5. The summed E-state index contributed by atoms with van der Waals surface area (Å²) in [5.41, 5.74) is 0.809. The number of carbonyl (C=O) groups excluding carboxylic acids is 1. The van der Waals surface area contributed by atoms with Gasteiger partial charge in [-0.25, -0.2) is 4.79 Å². The Morgan fingerprint density at radius 2 is 1.70 bits per heavy atom. The second-order valence-electron chi connectivity index (χ2n) is 4.61. The van der Waals surface area contributed by atoms with Crippen LogP contribution in [0.2, 0.25) is 10.0 Å². The Hall–Kier alpha value is -1.76. The van der Waals surface area contributed by atoms with E-state index in [2.05, 4.69) is 4.74 Å². The Bertz CT molecular complexity index is 862. The lowest BCUT2D eigenvalue weighted by atomic mass is 10.2. The quantitative estimate of drug-likeness (QED) is 0.600. The van der Waals surface area contributed by atoms with E-state index in [4.69, 9.17) is 27.4 Å². The zero-order valence-electron chi connectivity index (χ0n) is 12.2. The van der Waals surface area contributed by atoms with Crippen molar-refractivity contribution in [1.82, 2.24) is 0 Å². The lowest BCUT2D eigenvalue weighted by molar-refractivity contribution is 0.0600. The Balaban J connectivity index is 2.47. The second kappa shape index (κ2) is 6.78. The van der Waals surface area contributed by atoms with Crippen LogP contribution in [-0.4, -0.2) is 21.5 Å². The van der Waals surface area contributed by atoms with E-state index in [0.29, 0.717) is 0 Å². The van der Waals surface area contributed by atoms with Gasteiger partial charge in [0.25, 0.3) is 0 Å². The summed E-state index contributed by atoms with van der Waals surface area (Å²) < 4.78 is 34.5. The SMILES string of the molecule is COC(=O)c1ccc(Cl)c(S(=O)(=O)Oc2cc(C)ccc2Cl)c1. The minimum absolute atomic E-state index is 0.0220. The van der Waals surface area contributed by atoms with E-state index in [0.717, 1.165) is 11.6 Å². The molecule has 0 aliphatic carbocycles. The van der Waals surface area contributed by atoms with E-state index in [-0.39, 0.29) is 26.3 Å². The van der Waals surface area contributed by atoms with Crippen LogP contribution in [0, 0.1) is 6.92 Å². The van der Waals surface area contributed by atoms with Crippen LogP contribution in [-0.2, 0) is 14.9 Å². The van der Waals surface area contributed by atoms with Gasteiger partial charge in [0.2, 0.25) is 0 Å². The van der Waals surface area contributed by atoms with Gasteiger partial charge in [-0.2, -0.15) is 8.42 Å². The first-order chi connectivity index (χ1) is 10.7. The highest BCUT2D eigenvalue weighted by Gasteiger charge is 2.23. The van der Waals surface area contributed by atoms with Crippen LogP contribution >= 0.6 is 23.2 Å². The number of hydrogen-bond acceptors (Lipinski definition) is 5. The number of esters is 1. The molecule has 5 nitrogen and oxygen atoms in total. The monoisotopic (exact) mass is 374 g/mol.